The molecule has 0 saturated heterocycles. The molecule has 0 aliphatic carbocycles. The number of aromatic nitrogens is 3. The number of nitrogens with zero attached hydrogens (tertiary/aromatic N) is 2. The molecule has 0 aliphatic rings. The van der Waals surface area contributed by atoms with Crippen LogP contribution in [0.3, 0.4) is 0 Å². The molecule has 0 saturated carbocycles. The third-order valence-electron chi connectivity index (χ3n) is 2.55. The van der Waals surface area contributed by atoms with Crippen LogP contribution in [0.4, 0.5) is 0 Å². The monoisotopic (exact) mass is 277 g/mol. The zero-order valence-corrected chi connectivity index (χ0v) is 10.8. The summed E-state index contributed by atoms with van der Waals surface area (Å²) in [7, 11) is 0. The molecule has 0 aliphatic heterocycles. The van der Waals surface area contributed by atoms with Gasteiger partial charge >= 0.3 is 0 Å². The second-order valence-corrected chi connectivity index (χ2v) is 5.23. The van der Waals surface area contributed by atoms with Gasteiger partial charge in [-0.15, -0.1) is 0 Å². The lowest BCUT2D eigenvalue weighted by Gasteiger charge is -1.99. The minimum Gasteiger partial charge on any atom is -0.311 e. The molecule has 2 aromatic heterocycles. The molecular formula is C12H8ClN3OS. The highest BCUT2D eigenvalue weighted by Crippen LogP contribution is 2.23. The SMILES string of the molecule is O=c1[nH]cnc2sc(Cc3ccccc3Cl)nc12. The van der Waals surface area contributed by atoms with Crippen molar-refractivity contribution in [1.29, 1.82) is 0 Å². The molecule has 3 aromatic rings. The zero-order chi connectivity index (χ0) is 12.5. The fraction of sp³-hybridized carbons (Fsp3) is 0.0833. The van der Waals surface area contributed by atoms with Gasteiger partial charge in [-0.1, -0.05) is 41.1 Å². The van der Waals surface area contributed by atoms with Crippen LogP contribution in [0.25, 0.3) is 10.3 Å². The summed E-state index contributed by atoms with van der Waals surface area (Å²) in [5, 5.41) is 1.54. The Balaban J connectivity index is 2.04. The summed E-state index contributed by atoms with van der Waals surface area (Å²) >= 11 is 7.51. The van der Waals surface area contributed by atoms with Gasteiger partial charge in [0, 0.05) is 11.4 Å². The van der Waals surface area contributed by atoms with Gasteiger partial charge < -0.3 is 4.98 Å². The summed E-state index contributed by atoms with van der Waals surface area (Å²) in [6.45, 7) is 0. The summed E-state index contributed by atoms with van der Waals surface area (Å²) in [4.78, 5) is 23.1. The molecule has 6 heteroatoms. The van der Waals surface area contributed by atoms with Crippen LogP contribution in [0.2, 0.25) is 5.02 Å². The van der Waals surface area contributed by atoms with Crippen LogP contribution in [0.1, 0.15) is 10.6 Å². The maximum atomic E-state index is 11.5. The molecule has 0 unspecified atom stereocenters. The molecular weight excluding hydrogens is 270 g/mol. The fourth-order valence-electron chi connectivity index (χ4n) is 1.69. The van der Waals surface area contributed by atoms with Gasteiger partial charge in [-0.05, 0) is 11.6 Å². The van der Waals surface area contributed by atoms with Crippen molar-refractivity contribution in [3.05, 3.63) is 56.5 Å². The van der Waals surface area contributed by atoms with Crippen molar-refractivity contribution >= 4 is 33.3 Å². The third-order valence-corrected chi connectivity index (χ3v) is 3.88. The van der Waals surface area contributed by atoms with Gasteiger partial charge in [0.05, 0.1) is 6.33 Å². The molecule has 2 heterocycles. The van der Waals surface area contributed by atoms with Crippen molar-refractivity contribution in [2.45, 2.75) is 6.42 Å². The van der Waals surface area contributed by atoms with E-state index in [1.165, 1.54) is 17.7 Å². The van der Waals surface area contributed by atoms with E-state index in [2.05, 4.69) is 15.0 Å². The summed E-state index contributed by atoms with van der Waals surface area (Å²) < 4.78 is 0. The number of H-pyrrole nitrogens is 1. The van der Waals surface area contributed by atoms with E-state index in [1.807, 2.05) is 24.3 Å². The summed E-state index contributed by atoms with van der Waals surface area (Å²) in [6.07, 6.45) is 2.00. The van der Waals surface area contributed by atoms with Gasteiger partial charge in [0.15, 0.2) is 10.3 Å². The second-order valence-electron chi connectivity index (χ2n) is 3.76. The average Bonchev–Trinajstić information content (AvgIpc) is 2.76. The van der Waals surface area contributed by atoms with Crippen LogP contribution in [0.5, 0.6) is 0 Å². The van der Waals surface area contributed by atoms with Gasteiger partial charge in [0.25, 0.3) is 5.56 Å². The number of aromatic amines is 1. The lowest BCUT2D eigenvalue weighted by atomic mass is 10.2. The highest BCUT2D eigenvalue weighted by atomic mass is 35.5. The normalized spacial score (nSPS) is 10.9. The predicted molar refractivity (Wildman–Crippen MR) is 72.3 cm³/mol. The van der Waals surface area contributed by atoms with E-state index in [0.29, 0.717) is 21.8 Å². The Bertz CT molecular complexity index is 765. The maximum absolute atomic E-state index is 11.5. The fourth-order valence-corrected chi connectivity index (χ4v) is 2.82. The van der Waals surface area contributed by atoms with Gasteiger partial charge in [-0.25, -0.2) is 9.97 Å². The molecule has 90 valence electrons. The Morgan fingerprint density at radius 1 is 1.33 bits per heavy atom. The smallest absolute Gasteiger partial charge is 0.278 e. The van der Waals surface area contributed by atoms with Gasteiger partial charge in [-0.3, -0.25) is 4.79 Å². The van der Waals surface area contributed by atoms with Crippen LogP contribution < -0.4 is 5.56 Å². The van der Waals surface area contributed by atoms with Gasteiger partial charge in [0.1, 0.15) is 5.01 Å². The van der Waals surface area contributed by atoms with E-state index in [1.54, 1.807) is 0 Å². The molecule has 0 amide bonds. The van der Waals surface area contributed by atoms with Crippen molar-refractivity contribution in [3.8, 4) is 0 Å². The van der Waals surface area contributed by atoms with Crippen molar-refractivity contribution in [1.82, 2.24) is 15.0 Å². The topological polar surface area (TPSA) is 58.6 Å². The van der Waals surface area contributed by atoms with Gasteiger partial charge in [0.2, 0.25) is 0 Å². The Hall–Kier alpha value is -1.72. The van der Waals surface area contributed by atoms with E-state index in [4.69, 9.17) is 11.6 Å². The highest BCUT2D eigenvalue weighted by molar-refractivity contribution is 7.18. The van der Waals surface area contributed by atoms with Crippen LogP contribution in [-0.2, 0) is 6.42 Å². The molecule has 4 nitrogen and oxygen atoms in total. The Morgan fingerprint density at radius 2 is 2.17 bits per heavy atom. The van der Waals surface area contributed by atoms with Crippen molar-refractivity contribution in [3.63, 3.8) is 0 Å². The number of nitrogens with one attached hydrogen (secondary N) is 1. The number of fused-ring (bicyclic) bond motifs is 1. The van der Waals surface area contributed by atoms with Crippen molar-refractivity contribution in [2.24, 2.45) is 0 Å². The first-order chi connectivity index (χ1) is 8.74. The summed E-state index contributed by atoms with van der Waals surface area (Å²) in [6, 6.07) is 7.61. The molecule has 0 radical (unpaired) electrons. The lowest BCUT2D eigenvalue weighted by molar-refractivity contribution is 1.13. The van der Waals surface area contributed by atoms with E-state index in [0.717, 1.165) is 10.6 Å². The van der Waals surface area contributed by atoms with E-state index in [-0.39, 0.29) is 5.56 Å². The first-order valence-electron chi connectivity index (χ1n) is 5.30. The van der Waals surface area contributed by atoms with Gasteiger partial charge in [-0.2, -0.15) is 0 Å². The number of hydrogen-bond donors (Lipinski definition) is 1. The molecule has 0 spiro atoms. The molecule has 0 fully saturated rings. The Kier molecular flexibility index (Phi) is 2.85. The lowest BCUT2D eigenvalue weighted by Crippen LogP contribution is -2.05. The molecule has 3 rings (SSSR count). The maximum Gasteiger partial charge on any atom is 0.278 e. The quantitative estimate of drug-likeness (QED) is 0.783. The number of benzene rings is 1. The molecule has 1 aromatic carbocycles. The van der Waals surface area contributed by atoms with Crippen molar-refractivity contribution in [2.75, 3.05) is 0 Å². The summed E-state index contributed by atoms with van der Waals surface area (Å²) in [5.74, 6) is 0. The minimum atomic E-state index is -0.207. The minimum absolute atomic E-state index is 0.207. The third kappa shape index (κ3) is 2.02. The first-order valence-corrected chi connectivity index (χ1v) is 6.50. The highest BCUT2D eigenvalue weighted by Gasteiger charge is 2.09. The van der Waals surface area contributed by atoms with Crippen LogP contribution in [-0.4, -0.2) is 15.0 Å². The van der Waals surface area contributed by atoms with E-state index < -0.39 is 0 Å². The van der Waals surface area contributed by atoms with E-state index in [9.17, 15) is 4.79 Å². The second kappa shape index (κ2) is 4.51. The van der Waals surface area contributed by atoms with Crippen LogP contribution in [0, 0.1) is 0 Å². The molecule has 1 N–H and O–H groups in total. The molecule has 0 bridgehead atoms. The largest absolute Gasteiger partial charge is 0.311 e. The number of halogens is 1. The van der Waals surface area contributed by atoms with E-state index >= 15 is 0 Å². The van der Waals surface area contributed by atoms with Crippen LogP contribution >= 0.6 is 22.9 Å². The number of hydrogen-bond acceptors (Lipinski definition) is 4. The number of thiazole rings is 1. The Labute approximate surface area is 111 Å². The number of rotatable bonds is 2. The predicted octanol–water partition coefficient (Wildman–Crippen LogP) is 2.62. The molecule has 18 heavy (non-hydrogen) atoms. The first kappa shape index (κ1) is 11.4. The summed E-state index contributed by atoms with van der Waals surface area (Å²) in [5.41, 5.74) is 1.18. The molecule has 0 atom stereocenters. The van der Waals surface area contributed by atoms with Crippen LogP contribution in [0.15, 0.2) is 35.4 Å². The zero-order valence-electron chi connectivity index (χ0n) is 9.18. The Morgan fingerprint density at radius 3 is 2.94 bits per heavy atom. The van der Waals surface area contributed by atoms with Crippen molar-refractivity contribution < 1.29 is 0 Å². The average molecular weight is 278 g/mol. The standard InChI is InChI=1S/C12H8ClN3OS/c13-8-4-2-1-3-7(8)5-9-16-10-11(17)14-6-15-12(10)18-9/h1-4,6H,5H2,(H,14,15,17).